The van der Waals surface area contributed by atoms with Gasteiger partial charge in [-0.1, -0.05) is 13.8 Å². The van der Waals surface area contributed by atoms with Crippen molar-refractivity contribution in [1.82, 2.24) is 8.87 Å². The first-order valence-corrected chi connectivity index (χ1v) is 13.9. The Balaban J connectivity index is 1.58. The van der Waals surface area contributed by atoms with Gasteiger partial charge in [-0.3, -0.25) is 4.79 Å². The number of ether oxygens (including phenoxy) is 2. The average Bonchev–Trinajstić information content (AvgIpc) is 3.16. The van der Waals surface area contributed by atoms with Crippen LogP contribution in [0.5, 0.6) is 0 Å². The van der Waals surface area contributed by atoms with Crippen LogP contribution < -0.4 is 5.32 Å². The van der Waals surface area contributed by atoms with Crippen LogP contribution in [-0.2, 0) is 35.6 Å². The van der Waals surface area contributed by atoms with Crippen LogP contribution in [-0.4, -0.2) is 62.1 Å². The second-order valence-corrected chi connectivity index (χ2v) is 11.4. The predicted octanol–water partition coefficient (Wildman–Crippen LogP) is 3.26. The molecule has 204 valence electrons. The molecule has 1 aromatic carbocycles. The Labute approximate surface area is 223 Å². The molecule has 38 heavy (non-hydrogen) atoms. The SMILES string of the molecule is Cc1cc(/C=C(\C#N)C(=O)OCC(=O)Nc2ccc(S(=O)(=O)N3CCOCC3)cc2)c(C)n1CCC(C)C. The number of aryl methyl sites for hydroxylation is 1. The summed E-state index contributed by atoms with van der Waals surface area (Å²) in [6.07, 6.45) is 2.48. The van der Waals surface area contributed by atoms with E-state index in [-0.39, 0.29) is 23.6 Å². The largest absolute Gasteiger partial charge is 0.451 e. The summed E-state index contributed by atoms with van der Waals surface area (Å²) in [5.41, 5.74) is 2.86. The lowest BCUT2D eigenvalue weighted by Crippen LogP contribution is -2.40. The van der Waals surface area contributed by atoms with E-state index in [1.807, 2.05) is 26.0 Å². The minimum atomic E-state index is -3.65. The highest BCUT2D eigenvalue weighted by molar-refractivity contribution is 7.89. The Hall–Kier alpha value is -3.46. The molecule has 1 N–H and O–H groups in total. The molecular formula is C27H34N4O6S. The van der Waals surface area contributed by atoms with E-state index < -0.39 is 28.5 Å². The smallest absolute Gasteiger partial charge is 0.349 e. The molecule has 1 saturated heterocycles. The first kappa shape index (κ1) is 29.1. The van der Waals surface area contributed by atoms with Crippen LogP contribution in [0.4, 0.5) is 5.69 Å². The Bertz CT molecular complexity index is 1330. The van der Waals surface area contributed by atoms with Gasteiger partial charge in [0.15, 0.2) is 6.61 Å². The summed E-state index contributed by atoms with van der Waals surface area (Å²) in [4.78, 5) is 24.9. The summed E-state index contributed by atoms with van der Waals surface area (Å²) >= 11 is 0. The Morgan fingerprint density at radius 3 is 2.45 bits per heavy atom. The van der Waals surface area contributed by atoms with E-state index in [9.17, 15) is 23.3 Å². The Kier molecular flexibility index (Phi) is 9.85. The molecular weight excluding hydrogens is 508 g/mol. The first-order chi connectivity index (χ1) is 18.0. The molecule has 0 bridgehead atoms. The van der Waals surface area contributed by atoms with Crippen LogP contribution in [0.3, 0.4) is 0 Å². The highest BCUT2D eigenvalue weighted by Crippen LogP contribution is 2.21. The van der Waals surface area contributed by atoms with Crippen LogP contribution in [0.15, 0.2) is 40.8 Å². The van der Waals surface area contributed by atoms with Crippen molar-refractivity contribution in [3.05, 3.63) is 52.9 Å². The Morgan fingerprint density at radius 2 is 1.84 bits per heavy atom. The third kappa shape index (κ3) is 7.31. The molecule has 1 fully saturated rings. The van der Waals surface area contributed by atoms with Gasteiger partial charge < -0.3 is 19.4 Å². The van der Waals surface area contributed by atoms with E-state index in [4.69, 9.17) is 9.47 Å². The van der Waals surface area contributed by atoms with Gasteiger partial charge in [0.25, 0.3) is 5.91 Å². The lowest BCUT2D eigenvalue weighted by Gasteiger charge is -2.26. The number of nitrogens with zero attached hydrogens (tertiary/aromatic N) is 3. The molecule has 0 atom stereocenters. The zero-order valence-corrected chi connectivity index (χ0v) is 23.0. The van der Waals surface area contributed by atoms with Crippen molar-refractivity contribution in [2.75, 3.05) is 38.2 Å². The molecule has 2 aromatic rings. The fraction of sp³-hybridized carbons (Fsp3) is 0.444. The number of amides is 1. The summed E-state index contributed by atoms with van der Waals surface area (Å²) in [6.45, 7) is 9.73. The van der Waals surface area contributed by atoms with Crippen LogP contribution in [0.2, 0.25) is 0 Å². The number of aromatic nitrogens is 1. The number of sulfonamides is 1. The van der Waals surface area contributed by atoms with Gasteiger partial charge in [-0.25, -0.2) is 13.2 Å². The van der Waals surface area contributed by atoms with Crippen LogP contribution >= 0.6 is 0 Å². The molecule has 1 aliphatic rings. The number of benzene rings is 1. The lowest BCUT2D eigenvalue weighted by atomic mass is 10.1. The molecule has 11 heteroatoms. The van der Waals surface area contributed by atoms with Crippen molar-refractivity contribution in [2.45, 2.75) is 45.6 Å². The fourth-order valence-electron chi connectivity index (χ4n) is 4.05. The summed E-state index contributed by atoms with van der Waals surface area (Å²) in [5, 5.41) is 12.1. The van der Waals surface area contributed by atoms with Gasteiger partial charge in [-0.2, -0.15) is 9.57 Å². The predicted molar refractivity (Wildman–Crippen MR) is 143 cm³/mol. The van der Waals surface area contributed by atoms with E-state index in [2.05, 4.69) is 23.7 Å². The number of nitriles is 1. The number of nitrogens with one attached hydrogen (secondary N) is 1. The van der Waals surface area contributed by atoms with Crippen LogP contribution in [0.1, 0.15) is 37.2 Å². The molecule has 0 spiro atoms. The topological polar surface area (TPSA) is 131 Å². The quantitative estimate of drug-likeness (QED) is 0.277. The standard InChI is InChI=1S/C27H34N4O6S/c1-19(2)9-10-31-20(3)15-22(21(31)4)16-23(17-28)27(33)37-18-26(32)29-24-5-7-25(8-6-24)38(34,35)30-11-13-36-14-12-30/h5-8,15-16,19H,9-14,18H2,1-4H3,(H,29,32)/b23-16+. The second kappa shape index (κ2) is 12.9. The van der Waals surface area contributed by atoms with Gasteiger partial charge in [0.05, 0.1) is 18.1 Å². The summed E-state index contributed by atoms with van der Waals surface area (Å²) in [7, 11) is -3.65. The third-order valence-electron chi connectivity index (χ3n) is 6.26. The minimum Gasteiger partial charge on any atom is -0.451 e. The van der Waals surface area contributed by atoms with Crippen molar-refractivity contribution in [3.63, 3.8) is 0 Å². The molecule has 0 unspecified atom stereocenters. The zero-order chi connectivity index (χ0) is 27.9. The van der Waals surface area contributed by atoms with Gasteiger partial charge in [-0.05, 0) is 68.2 Å². The number of morpholine rings is 1. The Morgan fingerprint density at radius 1 is 1.18 bits per heavy atom. The second-order valence-electron chi connectivity index (χ2n) is 9.50. The minimum absolute atomic E-state index is 0.108. The lowest BCUT2D eigenvalue weighted by molar-refractivity contribution is -0.142. The van der Waals surface area contributed by atoms with E-state index >= 15 is 0 Å². The van der Waals surface area contributed by atoms with Gasteiger partial charge in [0, 0.05) is 36.7 Å². The van der Waals surface area contributed by atoms with Gasteiger partial charge in [0.2, 0.25) is 10.0 Å². The molecule has 1 aliphatic heterocycles. The van der Waals surface area contributed by atoms with Gasteiger partial charge >= 0.3 is 5.97 Å². The molecule has 1 amide bonds. The van der Waals surface area contributed by atoms with E-state index in [0.717, 1.165) is 29.9 Å². The zero-order valence-electron chi connectivity index (χ0n) is 22.2. The molecule has 1 aromatic heterocycles. The maximum atomic E-state index is 12.7. The number of rotatable bonds is 10. The maximum absolute atomic E-state index is 12.7. The number of anilines is 1. The summed E-state index contributed by atoms with van der Waals surface area (Å²) in [6, 6.07) is 9.50. The number of carbonyl (C=O) groups excluding carboxylic acids is 2. The molecule has 2 heterocycles. The number of carbonyl (C=O) groups is 2. The van der Waals surface area contributed by atoms with Crippen LogP contribution in [0.25, 0.3) is 6.08 Å². The van der Waals surface area contributed by atoms with Crippen molar-refractivity contribution < 1.29 is 27.5 Å². The van der Waals surface area contributed by atoms with Crippen molar-refractivity contribution in [3.8, 4) is 6.07 Å². The van der Waals surface area contributed by atoms with E-state index in [0.29, 0.717) is 24.8 Å². The van der Waals surface area contributed by atoms with Gasteiger partial charge in [-0.15, -0.1) is 0 Å². The third-order valence-corrected chi connectivity index (χ3v) is 8.18. The van der Waals surface area contributed by atoms with E-state index in [1.165, 1.54) is 34.6 Å². The summed E-state index contributed by atoms with van der Waals surface area (Å²) in [5.74, 6) is -0.972. The fourth-order valence-corrected chi connectivity index (χ4v) is 5.46. The highest BCUT2D eigenvalue weighted by Gasteiger charge is 2.26. The maximum Gasteiger partial charge on any atom is 0.349 e. The molecule has 10 nitrogen and oxygen atoms in total. The molecule has 0 radical (unpaired) electrons. The first-order valence-electron chi connectivity index (χ1n) is 12.5. The average molecular weight is 543 g/mol. The van der Waals surface area contributed by atoms with Gasteiger partial charge in [0.1, 0.15) is 11.6 Å². The van der Waals surface area contributed by atoms with Crippen molar-refractivity contribution >= 4 is 33.7 Å². The number of esters is 1. The van der Waals surface area contributed by atoms with E-state index in [1.54, 1.807) is 0 Å². The number of hydrogen-bond acceptors (Lipinski definition) is 7. The monoisotopic (exact) mass is 542 g/mol. The normalized spacial score (nSPS) is 14.8. The highest BCUT2D eigenvalue weighted by atomic mass is 32.2. The van der Waals surface area contributed by atoms with Crippen molar-refractivity contribution in [2.24, 2.45) is 5.92 Å². The number of hydrogen-bond donors (Lipinski definition) is 1. The summed E-state index contributed by atoms with van der Waals surface area (Å²) < 4.78 is 39.2. The molecule has 3 rings (SSSR count). The van der Waals surface area contributed by atoms with Crippen molar-refractivity contribution in [1.29, 1.82) is 5.26 Å². The molecule has 0 saturated carbocycles. The molecule has 0 aliphatic carbocycles. The van der Waals surface area contributed by atoms with Crippen LogP contribution in [0, 0.1) is 31.1 Å².